The van der Waals surface area contributed by atoms with Crippen LogP contribution >= 0.6 is 0 Å². The summed E-state index contributed by atoms with van der Waals surface area (Å²) in [4.78, 5) is 0. The van der Waals surface area contributed by atoms with E-state index in [1.807, 2.05) is 0 Å². The lowest BCUT2D eigenvalue weighted by Gasteiger charge is -2.39. The minimum absolute atomic E-state index is 0.0768. The van der Waals surface area contributed by atoms with E-state index in [9.17, 15) is 10.2 Å². The molecule has 0 aromatic heterocycles. The number of hydrogen-bond acceptors (Lipinski definition) is 3. The maximum atomic E-state index is 9.50. The van der Waals surface area contributed by atoms with Gasteiger partial charge in [-0.3, -0.25) is 0 Å². The van der Waals surface area contributed by atoms with Crippen molar-refractivity contribution in [3.63, 3.8) is 0 Å². The van der Waals surface area contributed by atoms with Crippen LogP contribution in [-0.2, 0) is 0 Å². The summed E-state index contributed by atoms with van der Waals surface area (Å²) < 4.78 is 0. The van der Waals surface area contributed by atoms with Crippen molar-refractivity contribution in [3.05, 3.63) is 0 Å². The molecule has 3 atom stereocenters. The molecule has 3 unspecified atom stereocenters. The highest BCUT2D eigenvalue weighted by Crippen LogP contribution is 2.31. The Hall–Kier alpha value is -0.120. The van der Waals surface area contributed by atoms with Gasteiger partial charge < -0.3 is 15.5 Å². The average Bonchev–Trinajstić information content (AvgIpc) is 2.17. The highest BCUT2D eigenvalue weighted by Gasteiger charge is 2.33. The summed E-state index contributed by atoms with van der Waals surface area (Å²) in [6, 6.07) is 0. The standard InChI is InChI=1S/C12H25NO2/c1-10-4-3-6-12(8-10,9-14)13-7-5-11(2)15/h10-11,13-15H,3-9H2,1-2H3. The first kappa shape index (κ1) is 12.9. The molecule has 1 aliphatic rings. The predicted octanol–water partition coefficient (Wildman–Crippen LogP) is 1.29. The Morgan fingerprint density at radius 2 is 2.27 bits per heavy atom. The van der Waals surface area contributed by atoms with E-state index in [4.69, 9.17) is 0 Å². The molecule has 3 N–H and O–H groups in total. The molecular weight excluding hydrogens is 190 g/mol. The van der Waals surface area contributed by atoms with Crippen LogP contribution in [-0.4, -0.2) is 35.0 Å². The minimum atomic E-state index is -0.255. The highest BCUT2D eigenvalue weighted by atomic mass is 16.3. The Morgan fingerprint density at radius 3 is 2.80 bits per heavy atom. The smallest absolute Gasteiger partial charge is 0.0613 e. The van der Waals surface area contributed by atoms with Gasteiger partial charge in [0.25, 0.3) is 0 Å². The average molecular weight is 215 g/mol. The minimum Gasteiger partial charge on any atom is -0.394 e. The van der Waals surface area contributed by atoms with Gasteiger partial charge in [0, 0.05) is 5.54 Å². The highest BCUT2D eigenvalue weighted by molar-refractivity contribution is 4.92. The van der Waals surface area contributed by atoms with Gasteiger partial charge in [0.15, 0.2) is 0 Å². The van der Waals surface area contributed by atoms with Gasteiger partial charge in [-0.25, -0.2) is 0 Å². The zero-order valence-corrected chi connectivity index (χ0v) is 10.00. The monoisotopic (exact) mass is 215 g/mol. The largest absolute Gasteiger partial charge is 0.394 e. The molecule has 3 nitrogen and oxygen atoms in total. The van der Waals surface area contributed by atoms with Gasteiger partial charge in [0.1, 0.15) is 0 Å². The molecule has 1 rings (SSSR count). The molecule has 1 fully saturated rings. The summed E-state index contributed by atoms with van der Waals surface area (Å²) in [6.45, 7) is 5.07. The van der Waals surface area contributed by atoms with Crippen molar-refractivity contribution < 1.29 is 10.2 Å². The molecular formula is C12H25NO2. The molecule has 0 radical (unpaired) electrons. The van der Waals surface area contributed by atoms with Crippen LogP contribution < -0.4 is 5.32 Å². The van der Waals surface area contributed by atoms with Crippen molar-refractivity contribution in [2.24, 2.45) is 5.92 Å². The third kappa shape index (κ3) is 4.09. The molecule has 15 heavy (non-hydrogen) atoms. The van der Waals surface area contributed by atoms with Gasteiger partial charge in [-0.2, -0.15) is 0 Å². The number of hydrogen-bond donors (Lipinski definition) is 3. The van der Waals surface area contributed by atoms with Crippen LogP contribution in [0, 0.1) is 5.92 Å². The van der Waals surface area contributed by atoms with Crippen LogP contribution in [0.5, 0.6) is 0 Å². The third-order valence-corrected chi connectivity index (χ3v) is 3.46. The van der Waals surface area contributed by atoms with E-state index >= 15 is 0 Å². The summed E-state index contributed by atoms with van der Waals surface area (Å²) in [6.07, 6.45) is 5.10. The molecule has 0 spiro atoms. The molecule has 1 aliphatic carbocycles. The van der Waals surface area contributed by atoms with Gasteiger partial charge in [-0.1, -0.05) is 19.8 Å². The molecule has 0 aliphatic heterocycles. The summed E-state index contributed by atoms with van der Waals surface area (Å²) >= 11 is 0. The molecule has 0 bridgehead atoms. The molecule has 0 heterocycles. The van der Waals surface area contributed by atoms with E-state index in [2.05, 4.69) is 12.2 Å². The van der Waals surface area contributed by atoms with Gasteiger partial charge in [-0.15, -0.1) is 0 Å². The molecule has 0 saturated heterocycles. The van der Waals surface area contributed by atoms with Crippen LogP contribution in [0.15, 0.2) is 0 Å². The SMILES string of the molecule is CC(O)CCNC1(CO)CCCC(C)C1. The topological polar surface area (TPSA) is 52.5 Å². The Bertz CT molecular complexity index is 184. The zero-order valence-electron chi connectivity index (χ0n) is 10.00. The Balaban J connectivity index is 2.38. The number of nitrogens with one attached hydrogen (secondary N) is 1. The molecule has 90 valence electrons. The molecule has 0 aromatic rings. The first-order valence-corrected chi connectivity index (χ1v) is 6.12. The molecule has 0 amide bonds. The second kappa shape index (κ2) is 5.83. The van der Waals surface area contributed by atoms with Crippen LogP contribution in [0.25, 0.3) is 0 Å². The van der Waals surface area contributed by atoms with Gasteiger partial charge >= 0.3 is 0 Å². The Kier molecular flexibility index (Phi) is 5.03. The van der Waals surface area contributed by atoms with Crippen molar-refractivity contribution >= 4 is 0 Å². The Morgan fingerprint density at radius 1 is 1.53 bits per heavy atom. The number of rotatable bonds is 5. The summed E-state index contributed by atoms with van der Waals surface area (Å²) in [5, 5.41) is 22.1. The van der Waals surface area contributed by atoms with E-state index in [1.54, 1.807) is 6.92 Å². The molecule has 0 aromatic carbocycles. The normalized spacial score (nSPS) is 34.0. The lowest BCUT2D eigenvalue weighted by Crippen LogP contribution is -2.52. The predicted molar refractivity (Wildman–Crippen MR) is 61.7 cm³/mol. The second-order valence-corrected chi connectivity index (χ2v) is 5.20. The van der Waals surface area contributed by atoms with Crippen molar-refractivity contribution in [1.82, 2.24) is 5.32 Å². The fourth-order valence-corrected chi connectivity index (χ4v) is 2.57. The summed E-state index contributed by atoms with van der Waals surface area (Å²) in [7, 11) is 0. The van der Waals surface area contributed by atoms with Crippen LogP contribution in [0.1, 0.15) is 46.0 Å². The molecule has 1 saturated carbocycles. The fraction of sp³-hybridized carbons (Fsp3) is 1.00. The van der Waals surface area contributed by atoms with E-state index in [-0.39, 0.29) is 18.2 Å². The van der Waals surface area contributed by atoms with Crippen LogP contribution in [0.4, 0.5) is 0 Å². The zero-order chi connectivity index (χ0) is 11.3. The maximum Gasteiger partial charge on any atom is 0.0613 e. The van der Waals surface area contributed by atoms with Gasteiger partial charge in [0.05, 0.1) is 12.7 Å². The number of aliphatic hydroxyl groups excluding tert-OH is 2. The lowest BCUT2D eigenvalue weighted by molar-refractivity contribution is 0.0936. The first-order valence-electron chi connectivity index (χ1n) is 6.12. The van der Waals surface area contributed by atoms with Gasteiger partial charge in [-0.05, 0) is 38.6 Å². The van der Waals surface area contributed by atoms with Crippen molar-refractivity contribution in [1.29, 1.82) is 0 Å². The van der Waals surface area contributed by atoms with Gasteiger partial charge in [0.2, 0.25) is 0 Å². The summed E-state index contributed by atoms with van der Waals surface area (Å²) in [5.74, 6) is 0.699. The summed E-state index contributed by atoms with van der Waals surface area (Å²) in [5.41, 5.74) is -0.0768. The van der Waals surface area contributed by atoms with E-state index in [1.165, 1.54) is 12.8 Å². The van der Waals surface area contributed by atoms with Crippen molar-refractivity contribution in [3.8, 4) is 0 Å². The third-order valence-electron chi connectivity index (χ3n) is 3.46. The lowest BCUT2D eigenvalue weighted by atomic mass is 9.77. The van der Waals surface area contributed by atoms with Crippen molar-refractivity contribution in [2.75, 3.05) is 13.2 Å². The fourth-order valence-electron chi connectivity index (χ4n) is 2.57. The number of aliphatic hydroxyl groups is 2. The van der Waals surface area contributed by atoms with Crippen LogP contribution in [0.2, 0.25) is 0 Å². The first-order chi connectivity index (χ1) is 7.08. The quantitative estimate of drug-likeness (QED) is 0.648. The second-order valence-electron chi connectivity index (χ2n) is 5.20. The van der Waals surface area contributed by atoms with Crippen LogP contribution in [0.3, 0.4) is 0 Å². The van der Waals surface area contributed by atoms with E-state index in [0.717, 1.165) is 25.8 Å². The Labute approximate surface area is 92.9 Å². The van der Waals surface area contributed by atoms with Crippen molar-refractivity contribution in [2.45, 2.75) is 57.6 Å². The maximum absolute atomic E-state index is 9.50. The molecule has 3 heteroatoms. The van der Waals surface area contributed by atoms with E-state index in [0.29, 0.717) is 5.92 Å². The van der Waals surface area contributed by atoms with E-state index < -0.39 is 0 Å².